The molecule has 0 unspecified atom stereocenters. The molecule has 8 heavy (non-hydrogen) atoms. The molecule has 3 nitrogen and oxygen atoms in total. The lowest BCUT2D eigenvalue weighted by molar-refractivity contribution is 0.298. The molecule has 0 N–H and O–H groups in total. The van der Waals surface area contributed by atoms with Crippen LogP contribution in [-0.2, 0) is 14.3 Å². The molecule has 48 valence electrons. The molecule has 0 fully saturated rings. The Balaban J connectivity index is 3.75. The van der Waals surface area contributed by atoms with Crippen LogP contribution in [0.25, 0.3) is 0 Å². The molecular formula is C4H8O3S. The Labute approximate surface area is 49.8 Å². The van der Waals surface area contributed by atoms with Gasteiger partial charge in [-0.3, -0.25) is 4.18 Å². The van der Waals surface area contributed by atoms with Gasteiger partial charge in [0.05, 0.1) is 12.4 Å². The highest BCUT2D eigenvalue weighted by molar-refractivity contribution is 7.86. The van der Waals surface area contributed by atoms with Gasteiger partial charge in [0.1, 0.15) is 0 Å². The first-order chi connectivity index (χ1) is 3.42. The Morgan fingerprint density at radius 3 is 1.88 bits per heavy atom. The van der Waals surface area contributed by atoms with Gasteiger partial charge in [-0.25, -0.2) is 0 Å². The van der Waals surface area contributed by atoms with Gasteiger partial charge in [-0.15, -0.1) is 0 Å². The van der Waals surface area contributed by atoms with E-state index in [1.165, 1.54) is 0 Å². The van der Waals surface area contributed by atoms with Crippen molar-refractivity contribution in [3.05, 3.63) is 13.8 Å². The first-order valence-corrected chi connectivity index (χ1v) is 3.78. The summed E-state index contributed by atoms with van der Waals surface area (Å²) in [6, 6.07) is 0. The van der Waals surface area contributed by atoms with E-state index in [4.69, 9.17) is 0 Å². The second-order valence-electron chi connectivity index (χ2n) is 1.42. The molecule has 0 heterocycles. The highest BCUT2D eigenvalue weighted by Gasteiger charge is 2.03. The van der Waals surface area contributed by atoms with Crippen molar-refractivity contribution in [2.75, 3.05) is 6.26 Å². The van der Waals surface area contributed by atoms with Crippen molar-refractivity contribution in [1.82, 2.24) is 0 Å². The Kier molecular flexibility index (Phi) is 2.43. The quantitative estimate of drug-likeness (QED) is 0.502. The van der Waals surface area contributed by atoms with Gasteiger partial charge in [0.15, 0.2) is 0 Å². The second-order valence-corrected chi connectivity index (χ2v) is 3.02. The SMILES string of the molecule is [CH2]C([CH2])OS(C)(=O)=O. The van der Waals surface area contributed by atoms with E-state index in [9.17, 15) is 8.42 Å². The first kappa shape index (κ1) is 7.91. The van der Waals surface area contributed by atoms with Gasteiger partial charge < -0.3 is 0 Å². The summed E-state index contributed by atoms with van der Waals surface area (Å²) in [6.45, 7) is 6.42. The zero-order valence-electron chi connectivity index (χ0n) is 4.62. The summed E-state index contributed by atoms with van der Waals surface area (Å²) in [7, 11) is -3.35. The van der Waals surface area contributed by atoms with Crippen LogP contribution in [0.5, 0.6) is 0 Å². The highest BCUT2D eigenvalue weighted by Crippen LogP contribution is 1.92. The molecule has 0 spiro atoms. The van der Waals surface area contributed by atoms with Gasteiger partial charge in [-0.1, -0.05) is 0 Å². The van der Waals surface area contributed by atoms with Crippen molar-refractivity contribution in [3.8, 4) is 0 Å². The van der Waals surface area contributed by atoms with Crippen molar-refractivity contribution < 1.29 is 12.6 Å². The van der Waals surface area contributed by atoms with Crippen molar-refractivity contribution in [2.24, 2.45) is 0 Å². The third-order valence-electron chi connectivity index (χ3n) is 0.311. The lowest BCUT2D eigenvalue weighted by Gasteiger charge is -2.01. The van der Waals surface area contributed by atoms with E-state index in [-0.39, 0.29) is 0 Å². The van der Waals surface area contributed by atoms with E-state index in [0.29, 0.717) is 0 Å². The lowest BCUT2D eigenvalue weighted by atomic mass is 10.5. The summed E-state index contributed by atoms with van der Waals surface area (Å²) in [5, 5.41) is 0. The van der Waals surface area contributed by atoms with Crippen molar-refractivity contribution in [1.29, 1.82) is 0 Å². The summed E-state index contributed by atoms with van der Waals surface area (Å²) in [6.07, 6.45) is 0.209. The molecule has 0 saturated carbocycles. The fourth-order valence-corrected chi connectivity index (χ4v) is 0.742. The molecule has 0 atom stereocenters. The van der Waals surface area contributed by atoms with E-state index < -0.39 is 16.2 Å². The van der Waals surface area contributed by atoms with Crippen LogP contribution in [0.3, 0.4) is 0 Å². The van der Waals surface area contributed by atoms with E-state index in [1.807, 2.05) is 0 Å². The number of rotatable bonds is 2. The molecule has 0 aromatic carbocycles. The van der Waals surface area contributed by atoms with Crippen molar-refractivity contribution >= 4 is 10.1 Å². The molecule has 0 amide bonds. The zero-order chi connectivity index (χ0) is 6.78. The predicted molar refractivity (Wildman–Crippen MR) is 30.4 cm³/mol. The minimum absolute atomic E-state index is 0.745. The van der Waals surface area contributed by atoms with Gasteiger partial charge in [0, 0.05) is 0 Å². The molecule has 0 saturated heterocycles. The normalized spacial score (nSPS) is 12.5. The van der Waals surface area contributed by atoms with E-state index in [2.05, 4.69) is 18.0 Å². The molecule has 0 aliphatic rings. The van der Waals surface area contributed by atoms with Crippen LogP contribution in [-0.4, -0.2) is 20.8 Å². The largest absolute Gasteiger partial charge is 0.267 e. The van der Waals surface area contributed by atoms with Gasteiger partial charge in [-0.05, 0) is 13.8 Å². The fraction of sp³-hybridized carbons (Fsp3) is 0.500. The fourth-order valence-electron chi connectivity index (χ4n) is 0.247. The molecule has 0 bridgehead atoms. The number of hydrogen-bond acceptors (Lipinski definition) is 3. The Hall–Kier alpha value is -0.0900. The summed E-state index contributed by atoms with van der Waals surface area (Å²) < 4.78 is 24.5. The maximum atomic E-state index is 10.1. The average molecular weight is 136 g/mol. The number of hydrogen-bond donors (Lipinski definition) is 0. The van der Waals surface area contributed by atoms with Gasteiger partial charge >= 0.3 is 0 Å². The molecule has 4 heteroatoms. The Morgan fingerprint density at radius 2 is 1.88 bits per heavy atom. The van der Waals surface area contributed by atoms with Gasteiger partial charge in [0.25, 0.3) is 10.1 Å². The first-order valence-electron chi connectivity index (χ1n) is 1.96. The van der Waals surface area contributed by atoms with Crippen LogP contribution in [0.4, 0.5) is 0 Å². The predicted octanol–water partition coefficient (Wildman–Crippen LogP) is -0.000620. The van der Waals surface area contributed by atoms with Gasteiger partial charge in [0.2, 0.25) is 0 Å². The van der Waals surface area contributed by atoms with Crippen LogP contribution in [0.15, 0.2) is 0 Å². The monoisotopic (exact) mass is 136 g/mol. The van der Waals surface area contributed by atoms with E-state index in [1.54, 1.807) is 0 Å². The molecule has 2 radical (unpaired) electrons. The molecular weight excluding hydrogens is 128 g/mol. The average Bonchev–Trinajstić information content (AvgIpc) is 1.21. The van der Waals surface area contributed by atoms with Crippen LogP contribution in [0.2, 0.25) is 0 Å². The maximum absolute atomic E-state index is 10.1. The third-order valence-corrected chi connectivity index (χ3v) is 0.933. The molecule has 0 aliphatic heterocycles. The Bertz CT molecular complexity index is 145. The van der Waals surface area contributed by atoms with Crippen LogP contribution < -0.4 is 0 Å². The van der Waals surface area contributed by atoms with Crippen molar-refractivity contribution in [3.63, 3.8) is 0 Å². The maximum Gasteiger partial charge on any atom is 0.264 e. The minimum Gasteiger partial charge on any atom is -0.267 e. The van der Waals surface area contributed by atoms with Crippen LogP contribution in [0.1, 0.15) is 0 Å². The van der Waals surface area contributed by atoms with Crippen LogP contribution in [0, 0.1) is 13.8 Å². The topological polar surface area (TPSA) is 43.4 Å². The summed E-state index contributed by atoms with van der Waals surface area (Å²) in [5.41, 5.74) is 0. The highest BCUT2D eigenvalue weighted by atomic mass is 32.2. The lowest BCUT2D eigenvalue weighted by Crippen LogP contribution is -2.10. The molecule has 0 aromatic heterocycles. The third kappa shape index (κ3) is 5.91. The summed E-state index contributed by atoms with van der Waals surface area (Å²) in [4.78, 5) is 0. The van der Waals surface area contributed by atoms with E-state index in [0.717, 1.165) is 6.26 Å². The van der Waals surface area contributed by atoms with Crippen LogP contribution >= 0.6 is 0 Å². The minimum atomic E-state index is -3.35. The molecule has 0 rings (SSSR count). The second kappa shape index (κ2) is 2.46. The van der Waals surface area contributed by atoms with E-state index >= 15 is 0 Å². The summed E-state index contributed by atoms with van der Waals surface area (Å²) >= 11 is 0. The standard InChI is InChI=1S/C4H8O3S/c1-4(2)7-8(3,5)6/h4H,1-2H2,3H3. The Morgan fingerprint density at radius 1 is 1.50 bits per heavy atom. The molecule has 0 aromatic rings. The van der Waals surface area contributed by atoms with Gasteiger partial charge in [-0.2, -0.15) is 8.42 Å². The molecule has 0 aliphatic carbocycles. The zero-order valence-corrected chi connectivity index (χ0v) is 5.44. The smallest absolute Gasteiger partial charge is 0.264 e. The summed E-state index contributed by atoms with van der Waals surface area (Å²) in [5.74, 6) is 0. The van der Waals surface area contributed by atoms with Crippen molar-refractivity contribution in [2.45, 2.75) is 6.10 Å².